The number of hydrogen-bond donors (Lipinski definition) is 1. The molecule has 1 saturated heterocycles. The molecule has 0 bridgehead atoms. The molecule has 1 aliphatic rings. The van der Waals surface area contributed by atoms with Crippen LogP contribution in [0.3, 0.4) is 0 Å². The number of hydrogen-bond acceptors (Lipinski definition) is 6. The first-order chi connectivity index (χ1) is 21.2. The largest absolute Gasteiger partial charge is 0.410 e. The van der Waals surface area contributed by atoms with Crippen molar-refractivity contribution in [2.24, 2.45) is 17.3 Å². The SMILES string of the molecule is C=C(C)[C@H](CC=C(C)CCC[C@H](C)[C@H](O)C(CCC)C(=O)C(C)(Cc1ccccn1)[C@@H]1CCOC(C)(C)O1)O[Si](C)(C)C(C)(C)C. The summed E-state index contributed by atoms with van der Waals surface area (Å²) in [4.78, 5) is 19.2. The molecule has 1 aromatic heterocycles. The van der Waals surface area contributed by atoms with Gasteiger partial charge in [-0.3, -0.25) is 9.78 Å². The van der Waals surface area contributed by atoms with Crippen molar-refractivity contribution in [3.63, 3.8) is 0 Å². The van der Waals surface area contributed by atoms with Crippen molar-refractivity contribution >= 4 is 14.1 Å². The predicted octanol–water partition coefficient (Wildman–Crippen LogP) is 9.63. The van der Waals surface area contributed by atoms with Gasteiger partial charge < -0.3 is 19.0 Å². The average Bonchev–Trinajstić information content (AvgIpc) is 2.96. The lowest BCUT2D eigenvalue weighted by Gasteiger charge is -2.46. The van der Waals surface area contributed by atoms with Gasteiger partial charge in [0.15, 0.2) is 14.1 Å². The highest BCUT2D eigenvalue weighted by molar-refractivity contribution is 6.74. The maximum atomic E-state index is 14.6. The molecular formula is C39H67NO5Si. The van der Waals surface area contributed by atoms with Crippen LogP contribution in [0.5, 0.6) is 0 Å². The van der Waals surface area contributed by atoms with E-state index in [0.29, 0.717) is 25.9 Å². The smallest absolute Gasteiger partial charge is 0.192 e. The zero-order valence-electron chi connectivity index (χ0n) is 31.4. The minimum Gasteiger partial charge on any atom is -0.410 e. The standard InChI is InChI=1S/C39H67NO5Si/c1-14-18-32(36(42)39(11,27-31-21-15-16-25-40-31)34-24-26-43-38(9,10)44-34)35(41)30(5)20-17-19-29(4)22-23-33(28(2)3)45-46(12,13)37(6,7)8/h15-16,21-22,25,30,32-35,41H,2,14,17-20,23-24,26-27H2,1,3-13H3/t30-,32?,33-,34-,35-,39?/m0/s1. The normalized spacial score (nSPS) is 21.6. The number of aromatic nitrogens is 1. The third kappa shape index (κ3) is 11.5. The van der Waals surface area contributed by atoms with Crippen LogP contribution >= 0.6 is 0 Å². The van der Waals surface area contributed by atoms with Gasteiger partial charge in [-0.15, -0.1) is 0 Å². The zero-order chi connectivity index (χ0) is 34.9. The van der Waals surface area contributed by atoms with Gasteiger partial charge in [-0.05, 0) is 109 Å². The minimum atomic E-state index is -1.90. The zero-order valence-corrected chi connectivity index (χ0v) is 32.4. The van der Waals surface area contributed by atoms with Crippen LogP contribution in [0.1, 0.15) is 120 Å². The van der Waals surface area contributed by atoms with Gasteiger partial charge in [0, 0.05) is 24.2 Å². The van der Waals surface area contributed by atoms with E-state index in [0.717, 1.165) is 43.4 Å². The van der Waals surface area contributed by atoms with Crippen molar-refractivity contribution in [3.05, 3.63) is 53.9 Å². The van der Waals surface area contributed by atoms with Crippen LogP contribution in [0, 0.1) is 17.3 Å². The summed E-state index contributed by atoms with van der Waals surface area (Å²) < 4.78 is 19.0. The Morgan fingerprint density at radius 2 is 1.89 bits per heavy atom. The summed E-state index contributed by atoms with van der Waals surface area (Å²) in [6.45, 7) is 30.4. The summed E-state index contributed by atoms with van der Waals surface area (Å²) in [5.74, 6) is -1.17. The van der Waals surface area contributed by atoms with Crippen molar-refractivity contribution in [1.29, 1.82) is 0 Å². The van der Waals surface area contributed by atoms with E-state index in [9.17, 15) is 9.90 Å². The summed E-state index contributed by atoms with van der Waals surface area (Å²) in [5, 5.41) is 11.9. The number of carbonyl (C=O) groups excluding carboxylic acids is 1. The van der Waals surface area contributed by atoms with E-state index in [-0.39, 0.29) is 28.9 Å². The minimum absolute atomic E-state index is 0.00969. The van der Waals surface area contributed by atoms with Crippen LogP contribution in [-0.4, -0.2) is 54.9 Å². The number of rotatable bonds is 18. The predicted molar refractivity (Wildman–Crippen MR) is 193 cm³/mol. The summed E-state index contributed by atoms with van der Waals surface area (Å²) in [6.07, 6.45) is 9.19. The van der Waals surface area contributed by atoms with Crippen molar-refractivity contribution < 1.29 is 23.8 Å². The maximum Gasteiger partial charge on any atom is 0.192 e. The van der Waals surface area contributed by atoms with Crippen LogP contribution in [0.25, 0.3) is 0 Å². The number of aliphatic hydroxyl groups excluding tert-OH is 1. The van der Waals surface area contributed by atoms with Gasteiger partial charge in [-0.1, -0.05) is 70.9 Å². The Morgan fingerprint density at radius 3 is 2.43 bits per heavy atom. The molecule has 2 unspecified atom stereocenters. The lowest BCUT2D eigenvalue weighted by molar-refractivity contribution is -0.290. The monoisotopic (exact) mass is 657 g/mol. The maximum absolute atomic E-state index is 14.6. The number of carbonyl (C=O) groups is 1. The quantitative estimate of drug-likeness (QED) is 0.125. The second kappa shape index (κ2) is 17.1. The highest BCUT2D eigenvalue weighted by Gasteiger charge is 2.50. The molecule has 0 spiro atoms. The van der Waals surface area contributed by atoms with E-state index in [2.05, 4.69) is 79.2 Å². The third-order valence-electron chi connectivity index (χ3n) is 10.4. The topological polar surface area (TPSA) is 77.9 Å². The molecule has 6 atom stereocenters. The molecule has 6 nitrogen and oxygen atoms in total. The summed E-state index contributed by atoms with van der Waals surface area (Å²) in [7, 11) is -1.90. The number of pyridine rings is 1. The lowest BCUT2D eigenvalue weighted by atomic mass is 9.67. The Bertz CT molecular complexity index is 1140. The number of nitrogens with zero attached hydrogens (tertiary/aromatic N) is 1. The Hall–Kier alpha value is -1.64. The molecule has 0 aliphatic carbocycles. The fraction of sp³-hybridized carbons (Fsp3) is 0.744. The van der Waals surface area contributed by atoms with Crippen molar-refractivity contribution in [3.8, 4) is 0 Å². The van der Waals surface area contributed by atoms with Gasteiger partial charge >= 0.3 is 0 Å². The van der Waals surface area contributed by atoms with Crippen LogP contribution in [0.4, 0.5) is 0 Å². The summed E-state index contributed by atoms with van der Waals surface area (Å²) in [6, 6.07) is 5.82. The van der Waals surface area contributed by atoms with Gasteiger partial charge in [0.05, 0.1) is 30.3 Å². The first kappa shape index (κ1) is 40.5. The van der Waals surface area contributed by atoms with Gasteiger partial charge in [-0.2, -0.15) is 0 Å². The van der Waals surface area contributed by atoms with E-state index in [1.165, 1.54) is 5.57 Å². The molecular weight excluding hydrogens is 591 g/mol. The number of Topliss-reactive ketones (excluding diaryl/α,β-unsaturated/α-hetero) is 1. The van der Waals surface area contributed by atoms with Crippen LogP contribution in [0.15, 0.2) is 48.2 Å². The Morgan fingerprint density at radius 1 is 1.22 bits per heavy atom. The Labute approximate surface area is 282 Å². The molecule has 2 heterocycles. The fourth-order valence-electron chi connectivity index (χ4n) is 6.29. The number of ether oxygens (including phenoxy) is 2. The molecule has 1 aromatic rings. The molecule has 46 heavy (non-hydrogen) atoms. The molecule has 0 aromatic carbocycles. The van der Waals surface area contributed by atoms with Gasteiger partial charge in [0.2, 0.25) is 0 Å². The molecule has 1 aliphatic heterocycles. The highest BCUT2D eigenvalue weighted by atomic mass is 28.4. The lowest BCUT2D eigenvalue weighted by Crippen LogP contribution is -2.54. The first-order valence-corrected chi connectivity index (χ1v) is 20.6. The van der Waals surface area contributed by atoms with E-state index < -0.39 is 31.5 Å². The van der Waals surface area contributed by atoms with E-state index in [4.69, 9.17) is 13.9 Å². The van der Waals surface area contributed by atoms with Crippen LogP contribution in [0.2, 0.25) is 18.1 Å². The molecule has 262 valence electrons. The van der Waals surface area contributed by atoms with Gasteiger partial charge in [0.1, 0.15) is 5.78 Å². The summed E-state index contributed by atoms with van der Waals surface area (Å²) >= 11 is 0. The molecule has 7 heteroatoms. The molecule has 0 saturated carbocycles. The number of allylic oxidation sites excluding steroid dienone is 1. The van der Waals surface area contributed by atoms with E-state index in [1.54, 1.807) is 6.20 Å². The Balaban J connectivity index is 2.13. The molecule has 0 radical (unpaired) electrons. The van der Waals surface area contributed by atoms with Crippen molar-refractivity contribution in [2.45, 2.75) is 163 Å². The second-order valence-corrected chi connectivity index (χ2v) is 20.9. The van der Waals surface area contributed by atoms with Crippen LogP contribution in [-0.2, 0) is 25.1 Å². The second-order valence-electron chi connectivity index (χ2n) is 16.2. The van der Waals surface area contributed by atoms with E-state index in [1.807, 2.05) is 39.0 Å². The third-order valence-corrected chi connectivity index (χ3v) is 14.9. The van der Waals surface area contributed by atoms with Crippen LogP contribution < -0.4 is 0 Å². The molecule has 2 rings (SSSR count). The van der Waals surface area contributed by atoms with Gasteiger partial charge in [-0.25, -0.2) is 0 Å². The van der Waals surface area contributed by atoms with Crippen molar-refractivity contribution in [2.75, 3.05) is 6.61 Å². The number of ketones is 1. The van der Waals surface area contributed by atoms with Gasteiger partial charge in [0.25, 0.3) is 0 Å². The fourth-order valence-corrected chi connectivity index (χ4v) is 7.65. The Kier molecular flexibility index (Phi) is 15.1. The van der Waals surface area contributed by atoms with Crippen molar-refractivity contribution in [1.82, 2.24) is 4.98 Å². The summed E-state index contributed by atoms with van der Waals surface area (Å²) in [5.41, 5.74) is 2.41. The first-order valence-electron chi connectivity index (χ1n) is 17.7. The molecule has 1 fully saturated rings. The van der Waals surface area contributed by atoms with E-state index >= 15 is 0 Å². The highest BCUT2D eigenvalue weighted by Crippen LogP contribution is 2.42. The average molecular weight is 658 g/mol. The molecule has 1 N–H and O–H groups in total. The molecule has 0 amide bonds. The number of aliphatic hydroxyl groups is 1.